The summed E-state index contributed by atoms with van der Waals surface area (Å²) in [6.07, 6.45) is 0. The molecule has 1 N–H and O–H groups in total. The largest absolute Gasteiger partial charge is 0.462 e. The van der Waals surface area contributed by atoms with Crippen LogP contribution >= 0.6 is 11.3 Å². The lowest BCUT2D eigenvalue weighted by atomic mass is 10.2. The molecule has 0 fully saturated rings. The summed E-state index contributed by atoms with van der Waals surface area (Å²) in [5.41, 5.74) is 0.606. The second kappa shape index (κ2) is 7.12. The van der Waals surface area contributed by atoms with E-state index in [4.69, 9.17) is 4.74 Å². The predicted octanol–water partition coefficient (Wildman–Crippen LogP) is 2.35. The maximum absolute atomic E-state index is 12.8. The maximum atomic E-state index is 12.8. The molecule has 27 heavy (non-hydrogen) atoms. The van der Waals surface area contributed by atoms with Gasteiger partial charge in [0, 0.05) is 16.8 Å². The Morgan fingerprint density at radius 2 is 1.93 bits per heavy atom. The Morgan fingerprint density at radius 3 is 2.56 bits per heavy atom. The summed E-state index contributed by atoms with van der Waals surface area (Å²) in [5.74, 6) is -0.497. The SMILES string of the molecule is CCOC(=O)c1ccc(NS(=O)(=O)c2c(C)nc3scc(C)n3c2=O)cc1. The van der Waals surface area contributed by atoms with Crippen LogP contribution in [0.2, 0.25) is 0 Å². The van der Waals surface area contributed by atoms with E-state index in [-0.39, 0.29) is 18.0 Å². The van der Waals surface area contributed by atoms with Crippen LogP contribution in [0.15, 0.2) is 39.3 Å². The van der Waals surface area contributed by atoms with Crippen LogP contribution in [-0.2, 0) is 14.8 Å². The number of benzene rings is 1. The zero-order valence-electron chi connectivity index (χ0n) is 14.8. The number of carbonyl (C=O) groups excluding carboxylic acids is 1. The molecule has 0 saturated carbocycles. The van der Waals surface area contributed by atoms with Gasteiger partial charge in [-0.1, -0.05) is 0 Å². The van der Waals surface area contributed by atoms with Crippen LogP contribution < -0.4 is 10.3 Å². The minimum absolute atomic E-state index is 0.123. The molecule has 0 aliphatic carbocycles. The summed E-state index contributed by atoms with van der Waals surface area (Å²) in [4.78, 5) is 28.7. The van der Waals surface area contributed by atoms with Crippen molar-refractivity contribution < 1.29 is 17.9 Å². The van der Waals surface area contributed by atoms with E-state index in [1.165, 1.54) is 46.9 Å². The molecule has 0 aliphatic heterocycles. The number of sulfonamides is 1. The normalized spacial score (nSPS) is 11.5. The number of thiazole rings is 1. The van der Waals surface area contributed by atoms with E-state index in [0.29, 0.717) is 16.2 Å². The molecule has 3 rings (SSSR count). The molecule has 2 aromatic heterocycles. The topological polar surface area (TPSA) is 107 Å². The van der Waals surface area contributed by atoms with E-state index in [9.17, 15) is 18.0 Å². The Morgan fingerprint density at radius 1 is 1.26 bits per heavy atom. The molecule has 2 heterocycles. The monoisotopic (exact) mass is 407 g/mol. The van der Waals surface area contributed by atoms with Crippen LogP contribution in [0.1, 0.15) is 28.7 Å². The number of nitrogens with zero attached hydrogens (tertiary/aromatic N) is 2. The van der Waals surface area contributed by atoms with E-state index in [0.717, 1.165) is 0 Å². The number of hydrogen-bond acceptors (Lipinski definition) is 7. The minimum atomic E-state index is -4.16. The Kier molecular flexibility index (Phi) is 5.03. The van der Waals surface area contributed by atoms with Crippen molar-refractivity contribution in [2.45, 2.75) is 25.7 Å². The van der Waals surface area contributed by atoms with E-state index < -0.39 is 26.4 Å². The van der Waals surface area contributed by atoms with E-state index in [2.05, 4.69) is 9.71 Å². The second-order valence-electron chi connectivity index (χ2n) is 5.73. The molecule has 10 heteroatoms. The summed E-state index contributed by atoms with van der Waals surface area (Å²) in [5, 5.41) is 1.74. The van der Waals surface area contributed by atoms with E-state index in [1.54, 1.807) is 19.2 Å². The zero-order valence-corrected chi connectivity index (χ0v) is 16.5. The molecule has 142 valence electrons. The fraction of sp³-hybridized carbons (Fsp3) is 0.235. The van der Waals surface area contributed by atoms with Crippen molar-refractivity contribution in [3.8, 4) is 0 Å². The molecule has 0 saturated heterocycles. The quantitative estimate of drug-likeness (QED) is 0.651. The van der Waals surface area contributed by atoms with Gasteiger partial charge in [-0.25, -0.2) is 18.2 Å². The Hall–Kier alpha value is -2.72. The van der Waals surface area contributed by atoms with Gasteiger partial charge in [-0.2, -0.15) is 0 Å². The number of ether oxygens (including phenoxy) is 1. The summed E-state index contributed by atoms with van der Waals surface area (Å²) < 4.78 is 34.1. The fourth-order valence-corrected chi connectivity index (χ4v) is 4.78. The van der Waals surface area contributed by atoms with Crippen LogP contribution in [0.25, 0.3) is 4.96 Å². The number of aryl methyl sites for hydroxylation is 2. The van der Waals surface area contributed by atoms with Gasteiger partial charge in [0.25, 0.3) is 15.6 Å². The van der Waals surface area contributed by atoms with Crippen molar-refractivity contribution in [3.63, 3.8) is 0 Å². The molecule has 0 spiro atoms. The molecule has 0 bridgehead atoms. The molecule has 0 atom stereocenters. The molecular formula is C17H17N3O5S2. The van der Waals surface area contributed by atoms with E-state index in [1.807, 2.05) is 0 Å². The maximum Gasteiger partial charge on any atom is 0.338 e. The highest BCUT2D eigenvalue weighted by atomic mass is 32.2. The summed E-state index contributed by atoms with van der Waals surface area (Å²) in [6.45, 7) is 5.13. The van der Waals surface area contributed by atoms with Crippen molar-refractivity contribution in [1.29, 1.82) is 0 Å². The van der Waals surface area contributed by atoms with Crippen molar-refractivity contribution >= 4 is 38.0 Å². The van der Waals surface area contributed by atoms with Crippen molar-refractivity contribution in [2.24, 2.45) is 0 Å². The average Bonchev–Trinajstić information content (AvgIpc) is 2.96. The first-order valence-electron chi connectivity index (χ1n) is 8.02. The van der Waals surface area contributed by atoms with Crippen LogP contribution in [-0.4, -0.2) is 30.4 Å². The number of esters is 1. The summed E-state index contributed by atoms with van der Waals surface area (Å²) in [6, 6.07) is 5.75. The van der Waals surface area contributed by atoms with Crippen LogP contribution in [0.4, 0.5) is 5.69 Å². The Labute approximate surface area is 159 Å². The lowest BCUT2D eigenvalue weighted by Crippen LogP contribution is -2.28. The van der Waals surface area contributed by atoms with E-state index >= 15 is 0 Å². The molecule has 3 aromatic rings. The lowest BCUT2D eigenvalue weighted by molar-refractivity contribution is 0.0526. The van der Waals surface area contributed by atoms with Crippen molar-refractivity contribution in [1.82, 2.24) is 9.38 Å². The lowest BCUT2D eigenvalue weighted by Gasteiger charge is -2.10. The third-order valence-corrected chi connectivity index (χ3v) is 6.24. The number of rotatable bonds is 5. The smallest absolute Gasteiger partial charge is 0.338 e. The highest BCUT2D eigenvalue weighted by molar-refractivity contribution is 7.92. The molecule has 1 aromatic carbocycles. The standard InChI is InChI=1S/C17H17N3O5S2/c1-4-25-16(22)12-5-7-13(8-6-12)19-27(23,24)14-11(3)18-17-20(15(14)21)10(2)9-26-17/h5-9,19H,4H2,1-3H3. The number of carbonyl (C=O) groups is 1. The van der Waals surface area contributed by atoms with Gasteiger partial charge in [0.05, 0.1) is 17.9 Å². The van der Waals surface area contributed by atoms with Gasteiger partial charge in [-0.15, -0.1) is 11.3 Å². The second-order valence-corrected chi connectivity index (χ2v) is 8.19. The molecule has 8 nitrogen and oxygen atoms in total. The number of fused-ring (bicyclic) bond motifs is 1. The number of hydrogen-bond donors (Lipinski definition) is 1. The molecule has 0 aliphatic rings. The molecular weight excluding hydrogens is 390 g/mol. The van der Waals surface area contributed by atoms with Gasteiger partial charge in [0.1, 0.15) is 0 Å². The third kappa shape index (κ3) is 3.58. The Balaban J connectivity index is 1.98. The summed E-state index contributed by atoms with van der Waals surface area (Å²) >= 11 is 1.27. The van der Waals surface area contributed by atoms with Crippen LogP contribution in [0, 0.1) is 13.8 Å². The zero-order chi connectivity index (χ0) is 19.8. The first-order valence-corrected chi connectivity index (χ1v) is 10.4. The first-order chi connectivity index (χ1) is 12.7. The number of aromatic nitrogens is 2. The van der Waals surface area contributed by atoms with Gasteiger partial charge in [-0.3, -0.25) is 13.9 Å². The number of nitrogens with one attached hydrogen (secondary N) is 1. The van der Waals surface area contributed by atoms with Gasteiger partial charge in [-0.05, 0) is 45.0 Å². The first kappa shape index (κ1) is 19.1. The fourth-order valence-electron chi connectivity index (χ4n) is 2.57. The van der Waals surface area contributed by atoms with Gasteiger partial charge < -0.3 is 4.74 Å². The average molecular weight is 407 g/mol. The third-order valence-electron chi connectivity index (χ3n) is 3.79. The van der Waals surface area contributed by atoms with Crippen molar-refractivity contribution in [2.75, 3.05) is 11.3 Å². The number of anilines is 1. The Bertz CT molecular complexity index is 1180. The molecule has 0 unspecified atom stereocenters. The summed E-state index contributed by atoms with van der Waals surface area (Å²) in [7, 11) is -4.16. The van der Waals surface area contributed by atoms with Crippen molar-refractivity contribution in [3.05, 3.63) is 57.0 Å². The predicted molar refractivity (Wildman–Crippen MR) is 102 cm³/mol. The highest BCUT2D eigenvalue weighted by Gasteiger charge is 2.25. The van der Waals surface area contributed by atoms with Crippen LogP contribution in [0.3, 0.4) is 0 Å². The molecule has 0 radical (unpaired) electrons. The van der Waals surface area contributed by atoms with Gasteiger partial charge >= 0.3 is 5.97 Å². The van der Waals surface area contributed by atoms with Crippen LogP contribution in [0.5, 0.6) is 0 Å². The van der Waals surface area contributed by atoms with Gasteiger partial charge in [0.2, 0.25) is 0 Å². The minimum Gasteiger partial charge on any atom is -0.462 e. The highest BCUT2D eigenvalue weighted by Crippen LogP contribution is 2.19. The van der Waals surface area contributed by atoms with Gasteiger partial charge in [0.15, 0.2) is 9.86 Å². The molecule has 0 amide bonds.